The molecule has 0 unspecified atom stereocenters. The maximum absolute atomic E-state index is 12.4. The third-order valence-corrected chi connectivity index (χ3v) is 3.58. The van der Waals surface area contributed by atoms with Crippen molar-refractivity contribution >= 4 is 11.8 Å². The van der Waals surface area contributed by atoms with E-state index in [2.05, 4.69) is 9.97 Å². The Balaban J connectivity index is 1.65. The molecule has 2 amide bonds. The minimum Gasteiger partial charge on any atom is -0.459 e. The van der Waals surface area contributed by atoms with E-state index < -0.39 is 0 Å². The molecule has 1 fully saturated rings. The Kier molecular flexibility index (Phi) is 4.13. The summed E-state index contributed by atoms with van der Waals surface area (Å²) in [5.41, 5.74) is 0.327. The van der Waals surface area contributed by atoms with Crippen molar-refractivity contribution in [3.8, 4) is 0 Å². The molecule has 1 aliphatic rings. The molecule has 0 atom stereocenters. The molecule has 0 N–H and O–H groups in total. The summed E-state index contributed by atoms with van der Waals surface area (Å²) in [6.45, 7) is 2.15. The summed E-state index contributed by atoms with van der Waals surface area (Å²) in [6.07, 6.45) is 6.69. The summed E-state index contributed by atoms with van der Waals surface area (Å²) in [7, 11) is 0. The molecular weight excluding hydrogens is 284 g/mol. The second kappa shape index (κ2) is 6.38. The molecule has 3 rings (SSSR count). The highest BCUT2D eigenvalue weighted by Crippen LogP contribution is 2.11. The van der Waals surface area contributed by atoms with Gasteiger partial charge in [-0.15, -0.1) is 0 Å². The van der Waals surface area contributed by atoms with E-state index in [0.717, 1.165) is 6.42 Å². The summed E-state index contributed by atoms with van der Waals surface area (Å²) >= 11 is 0. The van der Waals surface area contributed by atoms with Crippen LogP contribution < -0.4 is 0 Å². The molecule has 0 saturated carbocycles. The van der Waals surface area contributed by atoms with E-state index in [1.165, 1.54) is 24.9 Å². The number of hydrogen-bond donors (Lipinski definition) is 0. The average molecular weight is 300 g/mol. The van der Waals surface area contributed by atoms with Crippen LogP contribution in [-0.4, -0.2) is 57.8 Å². The number of amides is 2. The highest BCUT2D eigenvalue weighted by molar-refractivity contribution is 5.93. The van der Waals surface area contributed by atoms with E-state index in [0.29, 0.717) is 37.6 Å². The Bertz CT molecular complexity index is 642. The minimum atomic E-state index is -0.152. The van der Waals surface area contributed by atoms with Crippen molar-refractivity contribution in [3.63, 3.8) is 0 Å². The van der Waals surface area contributed by atoms with Crippen molar-refractivity contribution in [2.75, 3.05) is 26.2 Å². The first kappa shape index (κ1) is 14.2. The molecule has 2 aromatic rings. The van der Waals surface area contributed by atoms with Gasteiger partial charge >= 0.3 is 0 Å². The zero-order valence-corrected chi connectivity index (χ0v) is 12.0. The fourth-order valence-electron chi connectivity index (χ4n) is 2.45. The van der Waals surface area contributed by atoms with Crippen LogP contribution in [-0.2, 0) is 0 Å². The largest absolute Gasteiger partial charge is 0.459 e. The third kappa shape index (κ3) is 2.98. The van der Waals surface area contributed by atoms with Crippen LogP contribution in [0.3, 0.4) is 0 Å². The second-order valence-electron chi connectivity index (χ2n) is 5.01. The summed E-state index contributed by atoms with van der Waals surface area (Å²) in [6, 6.07) is 3.34. The predicted molar refractivity (Wildman–Crippen MR) is 77.2 cm³/mol. The van der Waals surface area contributed by atoms with Crippen LogP contribution >= 0.6 is 0 Å². The first-order valence-corrected chi connectivity index (χ1v) is 7.14. The molecular formula is C15H16N4O3. The number of carbonyl (C=O) groups is 2. The fourth-order valence-corrected chi connectivity index (χ4v) is 2.45. The van der Waals surface area contributed by atoms with E-state index in [1.807, 2.05) is 0 Å². The van der Waals surface area contributed by atoms with Crippen LogP contribution in [0.5, 0.6) is 0 Å². The lowest BCUT2D eigenvalue weighted by Crippen LogP contribution is -2.37. The summed E-state index contributed by atoms with van der Waals surface area (Å²) < 4.78 is 5.14. The molecule has 7 heteroatoms. The molecule has 2 aromatic heterocycles. The van der Waals surface area contributed by atoms with Crippen molar-refractivity contribution in [3.05, 3.63) is 48.4 Å². The quantitative estimate of drug-likeness (QED) is 0.828. The summed E-state index contributed by atoms with van der Waals surface area (Å²) in [5.74, 6) is 0.0351. The molecule has 7 nitrogen and oxygen atoms in total. The van der Waals surface area contributed by atoms with Gasteiger partial charge in [-0.2, -0.15) is 0 Å². The summed E-state index contributed by atoms with van der Waals surface area (Å²) in [5, 5.41) is 0. The van der Waals surface area contributed by atoms with Crippen molar-refractivity contribution in [2.24, 2.45) is 0 Å². The smallest absolute Gasteiger partial charge is 0.289 e. The van der Waals surface area contributed by atoms with Gasteiger partial charge in [0.25, 0.3) is 11.8 Å². The number of aromatic nitrogens is 2. The Morgan fingerprint density at radius 3 is 2.45 bits per heavy atom. The van der Waals surface area contributed by atoms with E-state index in [9.17, 15) is 9.59 Å². The predicted octanol–water partition coefficient (Wildman–Crippen LogP) is 1.06. The topological polar surface area (TPSA) is 79.5 Å². The lowest BCUT2D eigenvalue weighted by Gasteiger charge is -2.21. The van der Waals surface area contributed by atoms with Crippen LogP contribution in [0.25, 0.3) is 0 Å². The SMILES string of the molecule is O=C(c1cnccn1)N1CCCN(C(=O)c2ccco2)CC1. The van der Waals surface area contributed by atoms with Gasteiger partial charge in [-0.25, -0.2) is 4.98 Å². The van der Waals surface area contributed by atoms with E-state index in [1.54, 1.807) is 21.9 Å². The number of nitrogens with zero attached hydrogens (tertiary/aromatic N) is 4. The highest BCUT2D eigenvalue weighted by atomic mass is 16.3. The Morgan fingerprint density at radius 1 is 1.05 bits per heavy atom. The van der Waals surface area contributed by atoms with Crippen LogP contribution in [0.4, 0.5) is 0 Å². The van der Waals surface area contributed by atoms with E-state index >= 15 is 0 Å². The van der Waals surface area contributed by atoms with Gasteiger partial charge in [0.15, 0.2) is 5.76 Å². The molecule has 0 spiro atoms. The van der Waals surface area contributed by atoms with Crippen molar-refractivity contribution in [1.82, 2.24) is 19.8 Å². The molecule has 114 valence electrons. The average Bonchev–Trinajstić information content (AvgIpc) is 2.99. The molecule has 1 aliphatic heterocycles. The third-order valence-electron chi connectivity index (χ3n) is 3.58. The zero-order chi connectivity index (χ0) is 15.4. The number of carbonyl (C=O) groups excluding carboxylic acids is 2. The van der Waals surface area contributed by atoms with Gasteiger partial charge in [0.1, 0.15) is 5.69 Å². The molecule has 0 aliphatic carbocycles. The highest BCUT2D eigenvalue weighted by Gasteiger charge is 2.25. The molecule has 22 heavy (non-hydrogen) atoms. The molecule has 0 aromatic carbocycles. The molecule has 0 bridgehead atoms. The van der Waals surface area contributed by atoms with Gasteiger partial charge in [-0.3, -0.25) is 14.6 Å². The van der Waals surface area contributed by atoms with Crippen LogP contribution in [0, 0.1) is 0 Å². The molecule has 0 radical (unpaired) electrons. The Morgan fingerprint density at radius 2 is 1.82 bits per heavy atom. The maximum atomic E-state index is 12.4. The van der Waals surface area contributed by atoms with Crippen molar-refractivity contribution < 1.29 is 14.0 Å². The maximum Gasteiger partial charge on any atom is 0.289 e. The van der Waals surface area contributed by atoms with E-state index in [4.69, 9.17) is 4.42 Å². The van der Waals surface area contributed by atoms with Gasteiger partial charge in [0.2, 0.25) is 0 Å². The van der Waals surface area contributed by atoms with Gasteiger partial charge in [0, 0.05) is 38.6 Å². The lowest BCUT2D eigenvalue weighted by atomic mass is 10.3. The zero-order valence-electron chi connectivity index (χ0n) is 12.0. The minimum absolute atomic E-state index is 0.140. The second-order valence-corrected chi connectivity index (χ2v) is 5.01. The number of furan rings is 1. The summed E-state index contributed by atoms with van der Waals surface area (Å²) in [4.78, 5) is 36.0. The molecule has 1 saturated heterocycles. The van der Waals surface area contributed by atoms with Gasteiger partial charge in [0.05, 0.1) is 12.5 Å². The van der Waals surface area contributed by atoms with Crippen LogP contribution in [0.1, 0.15) is 27.5 Å². The molecule has 3 heterocycles. The Labute approximate surface area is 127 Å². The first-order chi connectivity index (χ1) is 10.8. The fraction of sp³-hybridized carbons (Fsp3) is 0.333. The monoisotopic (exact) mass is 300 g/mol. The van der Waals surface area contributed by atoms with Crippen LogP contribution in [0.2, 0.25) is 0 Å². The van der Waals surface area contributed by atoms with E-state index in [-0.39, 0.29) is 11.8 Å². The lowest BCUT2D eigenvalue weighted by molar-refractivity contribution is 0.0698. The van der Waals surface area contributed by atoms with Gasteiger partial charge in [-0.1, -0.05) is 0 Å². The number of rotatable bonds is 2. The van der Waals surface area contributed by atoms with Crippen LogP contribution in [0.15, 0.2) is 41.4 Å². The normalized spacial score (nSPS) is 15.5. The Hall–Kier alpha value is -2.70. The number of hydrogen-bond acceptors (Lipinski definition) is 5. The standard InChI is InChI=1S/C15H16N4O3/c20-14(12-11-16-4-5-17-12)18-6-2-7-19(9-8-18)15(21)13-3-1-10-22-13/h1,3-5,10-11H,2,6-9H2. The van der Waals surface area contributed by atoms with Gasteiger partial charge < -0.3 is 14.2 Å². The van der Waals surface area contributed by atoms with Crippen molar-refractivity contribution in [2.45, 2.75) is 6.42 Å². The first-order valence-electron chi connectivity index (χ1n) is 7.14. The van der Waals surface area contributed by atoms with Crippen molar-refractivity contribution in [1.29, 1.82) is 0 Å². The van der Waals surface area contributed by atoms with Gasteiger partial charge in [-0.05, 0) is 18.6 Å².